The van der Waals surface area contributed by atoms with Crippen LogP contribution in [0.2, 0.25) is 0 Å². The number of aliphatic hydroxyl groups is 1. The third-order valence-corrected chi connectivity index (χ3v) is 7.19. The maximum Gasteiger partial charge on any atom is 0.407 e. The number of ether oxygens (including phenoxy) is 4. The molecule has 0 bridgehead atoms. The van der Waals surface area contributed by atoms with Crippen molar-refractivity contribution in [3.63, 3.8) is 0 Å². The summed E-state index contributed by atoms with van der Waals surface area (Å²) in [6, 6.07) is 9.50. The van der Waals surface area contributed by atoms with Gasteiger partial charge in [0.2, 0.25) is 0 Å². The summed E-state index contributed by atoms with van der Waals surface area (Å²) in [5, 5.41) is 11.9. The summed E-state index contributed by atoms with van der Waals surface area (Å²) < 4.78 is 23.4. The Kier molecular flexibility index (Phi) is 13.9. The van der Waals surface area contributed by atoms with Gasteiger partial charge >= 0.3 is 12.1 Å². The molecular weight excluding hydrogens is 486 g/mol. The highest BCUT2D eigenvalue weighted by Gasteiger charge is 2.41. The van der Waals surface area contributed by atoms with Crippen molar-refractivity contribution in [2.24, 2.45) is 11.3 Å². The van der Waals surface area contributed by atoms with Gasteiger partial charge in [-0.25, -0.2) is 9.59 Å². The molecule has 8 heteroatoms. The molecule has 2 N–H and O–H groups in total. The van der Waals surface area contributed by atoms with E-state index >= 15 is 0 Å². The number of hydrogen-bond donors (Lipinski definition) is 2. The van der Waals surface area contributed by atoms with Crippen molar-refractivity contribution in [1.82, 2.24) is 5.32 Å². The molecule has 1 unspecified atom stereocenters. The second-order valence-electron chi connectivity index (χ2n) is 11.4. The molecule has 0 spiro atoms. The topological polar surface area (TPSA) is 103 Å². The molecule has 0 heterocycles. The fraction of sp³-hybridized carbons (Fsp3) is 0.667. The maximum absolute atomic E-state index is 12.6. The Bertz CT molecular complexity index is 865. The van der Waals surface area contributed by atoms with Gasteiger partial charge in [0.15, 0.2) is 0 Å². The molecule has 1 aromatic carbocycles. The highest BCUT2D eigenvalue weighted by molar-refractivity contribution is 5.86. The van der Waals surface area contributed by atoms with Crippen LogP contribution in [-0.4, -0.2) is 61.3 Å². The number of carbonyl (C=O) groups excluding carboxylic acids is 2. The SMILES string of the molecule is C=C(C)C(=O)OCCCNC(=O)OC(C)(C)C(COc1ccccc1)COC(C)(C)C(C)(C)CCCCO. The van der Waals surface area contributed by atoms with Crippen LogP contribution < -0.4 is 10.1 Å². The number of aliphatic hydroxyl groups excluding tert-OH is 1. The molecule has 0 aliphatic heterocycles. The number of para-hydroxylation sites is 1. The molecule has 8 nitrogen and oxygen atoms in total. The predicted molar refractivity (Wildman–Crippen MR) is 149 cm³/mol. The van der Waals surface area contributed by atoms with Crippen molar-refractivity contribution in [1.29, 1.82) is 0 Å². The van der Waals surface area contributed by atoms with E-state index in [9.17, 15) is 9.59 Å². The summed E-state index contributed by atoms with van der Waals surface area (Å²) in [6.07, 6.45) is 2.49. The van der Waals surface area contributed by atoms with E-state index in [0.29, 0.717) is 31.8 Å². The molecule has 0 radical (unpaired) electrons. The highest BCUT2D eigenvalue weighted by Crippen LogP contribution is 2.39. The Morgan fingerprint density at radius 1 is 1.00 bits per heavy atom. The van der Waals surface area contributed by atoms with Gasteiger partial charge in [-0.15, -0.1) is 0 Å². The Balaban J connectivity index is 2.80. The lowest BCUT2D eigenvalue weighted by Crippen LogP contribution is -2.48. The number of benzene rings is 1. The van der Waals surface area contributed by atoms with E-state index in [2.05, 4.69) is 39.6 Å². The fourth-order valence-electron chi connectivity index (χ4n) is 3.56. The first kappa shape index (κ1) is 33.4. The lowest BCUT2D eigenvalue weighted by molar-refractivity contribution is -0.139. The van der Waals surface area contributed by atoms with E-state index in [-0.39, 0.29) is 24.5 Å². The van der Waals surface area contributed by atoms with Crippen LogP contribution in [0, 0.1) is 11.3 Å². The highest BCUT2D eigenvalue weighted by atomic mass is 16.6. The summed E-state index contributed by atoms with van der Waals surface area (Å²) in [5.41, 5.74) is -1.17. The Morgan fingerprint density at radius 3 is 2.26 bits per heavy atom. The monoisotopic (exact) mass is 535 g/mol. The van der Waals surface area contributed by atoms with Crippen molar-refractivity contribution >= 4 is 12.1 Å². The van der Waals surface area contributed by atoms with Crippen LogP contribution >= 0.6 is 0 Å². The Labute approximate surface area is 229 Å². The zero-order valence-corrected chi connectivity index (χ0v) is 24.4. The summed E-state index contributed by atoms with van der Waals surface area (Å²) in [6.45, 7) is 18.6. The largest absolute Gasteiger partial charge is 0.493 e. The quantitative estimate of drug-likeness (QED) is 0.142. The van der Waals surface area contributed by atoms with Gasteiger partial charge in [0.1, 0.15) is 11.4 Å². The molecule has 1 rings (SSSR count). The van der Waals surface area contributed by atoms with Crippen molar-refractivity contribution in [2.75, 3.05) is 33.0 Å². The Morgan fingerprint density at radius 2 is 1.66 bits per heavy atom. The van der Waals surface area contributed by atoms with E-state index < -0.39 is 23.3 Å². The molecule has 0 aliphatic rings. The first-order valence-corrected chi connectivity index (χ1v) is 13.4. The van der Waals surface area contributed by atoms with E-state index in [1.165, 1.54) is 0 Å². The van der Waals surface area contributed by atoms with Crippen LogP contribution in [0.25, 0.3) is 0 Å². The summed E-state index contributed by atoms with van der Waals surface area (Å²) in [5.74, 6) is 0.0117. The van der Waals surface area contributed by atoms with Gasteiger partial charge in [-0.1, -0.05) is 45.0 Å². The van der Waals surface area contributed by atoms with Gasteiger partial charge in [0, 0.05) is 18.7 Å². The predicted octanol–water partition coefficient (Wildman–Crippen LogP) is 5.68. The van der Waals surface area contributed by atoms with Crippen molar-refractivity contribution in [2.45, 2.75) is 85.4 Å². The third-order valence-electron chi connectivity index (χ3n) is 7.19. The molecular formula is C30H49NO7. The average Bonchev–Trinajstić information content (AvgIpc) is 2.83. The molecule has 216 valence electrons. The van der Waals surface area contributed by atoms with Crippen LogP contribution in [0.3, 0.4) is 0 Å². The zero-order chi connectivity index (χ0) is 28.8. The number of nitrogens with one attached hydrogen (secondary N) is 1. The number of unbranched alkanes of at least 4 members (excludes halogenated alkanes) is 1. The van der Waals surface area contributed by atoms with Gasteiger partial charge in [-0.3, -0.25) is 0 Å². The smallest absolute Gasteiger partial charge is 0.407 e. The molecule has 1 aromatic rings. The molecule has 38 heavy (non-hydrogen) atoms. The standard InChI is InChI=1S/C30H49NO7/c1-23(2)26(33)35-20-14-18-31-27(34)38-29(5,6)24(21-36-25-15-10-9-11-16-25)22-37-30(7,8)28(3,4)17-12-13-19-32/h9-11,15-16,24,32H,1,12-14,17-22H2,2-8H3,(H,31,34). The molecule has 1 atom stereocenters. The molecule has 0 fully saturated rings. The van der Waals surface area contributed by atoms with E-state index in [0.717, 1.165) is 25.0 Å². The third kappa shape index (κ3) is 11.9. The molecule has 0 saturated heterocycles. The minimum absolute atomic E-state index is 0.136. The van der Waals surface area contributed by atoms with Crippen molar-refractivity contribution < 1.29 is 33.6 Å². The second kappa shape index (κ2) is 15.7. The maximum atomic E-state index is 12.6. The van der Waals surface area contributed by atoms with Crippen LogP contribution in [0.1, 0.15) is 74.1 Å². The van der Waals surface area contributed by atoms with Gasteiger partial charge in [0.25, 0.3) is 0 Å². The molecule has 0 aromatic heterocycles. The molecule has 0 aliphatic carbocycles. The number of amides is 1. The minimum Gasteiger partial charge on any atom is -0.493 e. The van der Waals surface area contributed by atoms with Crippen molar-refractivity contribution in [3.05, 3.63) is 42.5 Å². The first-order valence-electron chi connectivity index (χ1n) is 13.4. The minimum atomic E-state index is -0.900. The summed E-state index contributed by atoms with van der Waals surface area (Å²) in [4.78, 5) is 24.1. The van der Waals surface area contributed by atoms with Crippen LogP contribution in [0.4, 0.5) is 4.79 Å². The van der Waals surface area contributed by atoms with Gasteiger partial charge in [-0.05, 0) is 71.4 Å². The van der Waals surface area contributed by atoms with E-state index in [1.807, 2.05) is 44.2 Å². The average molecular weight is 536 g/mol. The number of alkyl carbamates (subject to hydrolysis) is 1. The number of rotatable bonds is 18. The van der Waals surface area contributed by atoms with Crippen LogP contribution in [0.5, 0.6) is 5.75 Å². The van der Waals surface area contributed by atoms with E-state index in [4.69, 9.17) is 24.1 Å². The lowest BCUT2D eigenvalue weighted by atomic mass is 9.73. The Hall–Kier alpha value is -2.58. The van der Waals surface area contributed by atoms with Crippen LogP contribution in [0.15, 0.2) is 42.5 Å². The summed E-state index contributed by atoms with van der Waals surface area (Å²) in [7, 11) is 0. The number of carbonyl (C=O) groups is 2. The van der Waals surface area contributed by atoms with Gasteiger partial charge in [0.05, 0.1) is 31.3 Å². The normalized spacial score (nSPS) is 12.9. The second-order valence-corrected chi connectivity index (χ2v) is 11.4. The van der Waals surface area contributed by atoms with E-state index in [1.54, 1.807) is 6.92 Å². The van der Waals surface area contributed by atoms with Crippen molar-refractivity contribution in [3.8, 4) is 5.75 Å². The molecule has 1 amide bonds. The number of hydrogen-bond acceptors (Lipinski definition) is 7. The van der Waals surface area contributed by atoms with Gasteiger partial charge < -0.3 is 29.4 Å². The van der Waals surface area contributed by atoms with Crippen LogP contribution in [-0.2, 0) is 19.0 Å². The van der Waals surface area contributed by atoms with Gasteiger partial charge in [-0.2, -0.15) is 0 Å². The summed E-state index contributed by atoms with van der Waals surface area (Å²) >= 11 is 0. The zero-order valence-electron chi connectivity index (χ0n) is 24.4. The first-order chi connectivity index (χ1) is 17.7. The lowest BCUT2D eigenvalue weighted by Gasteiger charge is -2.44. The molecule has 0 saturated carbocycles. The fourth-order valence-corrected chi connectivity index (χ4v) is 3.56. The number of esters is 1.